The fraction of sp³-hybridized carbons (Fsp3) is 0.200. The number of hydrogen-bond acceptors (Lipinski definition) is 6. The van der Waals surface area contributed by atoms with Gasteiger partial charge in [0.05, 0.1) is 5.69 Å². The van der Waals surface area contributed by atoms with Crippen LogP contribution in [0, 0.1) is 13.8 Å². The number of furan rings is 1. The Morgan fingerprint density at radius 2 is 2.19 bits per heavy atom. The molecule has 0 amide bonds. The van der Waals surface area contributed by atoms with Gasteiger partial charge in [-0.3, -0.25) is 0 Å². The average molecular weight is 302 g/mol. The van der Waals surface area contributed by atoms with E-state index in [9.17, 15) is 4.79 Å². The van der Waals surface area contributed by atoms with E-state index in [-0.39, 0.29) is 12.4 Å². The molecule has 1 aromatic carbocycles. The zero-order valence-corrected chi connectivity index (χ0v) is 12.5. The molecule has 0 fully saturated rings. The van der Waals surface area contributed by atoms with Gasteiger partial charge in [0.25, 0.3) is 0 Å². The predicted octanol–water partition coefficient (Wildman–Crippen LogP) is 3.45. The van der Waals surface area contributed by atoms with Gasteiger partial charge in [0, 0.05) is 16.0 Å². The lowest BCUT2D eigenvalue weighted by molar-refractivity contribution is 0.0438. The Bertz CT molecular complexity index is 800. The highest BCUT2D eigenvalue weighted by Gasteiger charge is 2.15. The lowest BCUT2D eigenvalue weighted by atomic mass is 10.2. The van der Waals surface area contributed by atoms with Crippen molar-refractivity contribution in [3.63, 3.8) is 0 Å². The molecular formula is C15H14N2O3S. The Kier molecular flexibility index (Phi) is 3.39. The molecule has 0 radical (unpaired) electrons. The van der Waals surface area contributed by atoms with Gasteiger partial charge in [-0.25, -0.2) is 9.78 Å². The molecule has 0 saturated heterocycles. The quantitative estimate of drug-likeness (QED) is 0.592. The number of hydrogen-bond donors (Lipinski definition) is 1. The minimum absolute atomic E-state index is 0.150. The van der Waals surface area contributed by atoms with Crippen LogP contribution in [0.4, 0.5) is 5.69 Å². The molecule has 0 unspecified atom stereocenters. The molecule has 108 valence electrons. The molecule has 5 nitrogen and oxygen atoms in total. The Balaban J connectivity index is 1.74. The number of aryl methyl sites for hydroxylation is 2. The van der Waals surface area contributed by atoms with Gasteiger partial charge >= 0.3 is 5.97 Å². The summed E-state index contributed by atoms with van der Waals surface area (Å²) in [5.41, 5.74) is 7.89. The van der Waals surface area contributed by atoms with E-state index in [0.717, 1.165) is 21.0 Å². The van der Waals surface area contributed by atoms with E-state index in [0.29, 0.717) is 11.3 Å². The third kappa shape index (κ3) is 2.75. The number of carbonyl (C=O) groups is 1. The van der Waals surface area contributed by atoms with Crippen LogP contribution in [-0.2, 0) is 11.3 Å². The topological polar surface area (TPSA) is 78.3 Å². The molecule has 0 aliphatic heterocycles. The molecule has 21 heavy (non-hydrogen) atoms. The van der Waals surface area contributed by atoms with E-state index in [2.05, 4.69) is 4.98 Å². The summed E-state index contributed by atoms with van der Waals surface area (Å²) in [6.45, 7) is 4.07. The van der Waals surface area contributed by atoms with Crippen LogP contribution in [-0.4, -0.2) is 11.0 Å². The van der Waals surface area contributed by atoms with E-state index in [1.54, 1.807) is 24.3 Å². The maximum absolute atomic E-state index is 12.0. The maximum Gasteiger partial charge on any atom is 0.374 e. The molecule has 0 saturated carbocycles. The molecule has 3 rings (SSSR count). The second kappa shape index (κ2) is 5.21. The molecular weight excluding hydrogens is 288 g/mol. The molecule has 2 aromatic heterocycles. The highest BCUT2D eigenvalue weighted by Crippen LogP contribution is 2.23. The molecule has 2 N–H and O–H groups in total. The van der Waals surface area contributed by atoms with Crippen molar-refractivity contribution in [1.82, 2.24) is 4.98 Å². The SMILES string of the molecule is Cc1nc(COC(=O)c2cc3cc(N)ccc3o2)sc1C. The average Bonchev–Trinajstić information content (AvgIpc) is 3.00. The normalized spacial score (nSPS) is 11.0. The van der Waals surface area contributed by atoms with E-state index >= 15 is 0 Å². The van der Waals surface area contributed by atoms with Crippen molar-refractivity contribution >= 4 is 34.0 Å². The first-order valence-electron chi connectivity index (χ1n) is 6.42. The number of benzene rings is 1. The van der Waals surface area contributed by atoms with Crippen LogP contribution in [0.25, 0.3) is 11.0 Å². The van der Waals surface area contributed by atoms with Crippen molar-refractivity contribution in [2.24, 2.45) is 0 Å². The fourth-order valence-corrected chi connectivity index (χ4v) is 2.81. The Labute approximate surface area is 125 Å². The molecule has 0 aliphatic rings. The summed E-state index contributed by atoms with van der Waals surface area (Å²) < 4.78 is 10.7. The number of nitrogen functional groups attached to an aromatic ring is 1. The number of fused-ring (bicyclic) bond motifs is 1. The summed E-state index contributed by atoms with van der Waals surface area (Å²) in [6.07, 6.45) is 0. The summed E-state index contributed by atoms with van der Waals surface area (Å²) in [7, 11) is 0. The molecule has 0 spiro atoms. The van der Waals surface area contributed by atoms with Gasteiger partial charge in [-0.2, -0.15) is 0 Å². The van der Waals surface area contributed by atoms with E-state index in [4.69, 9.17) is 14.9 Å². The van der Waals surface area contributed by atoms with Gasteiger partial charge in [0.1, 0.15) is 17.2 Å². The van der Waals surface area contributed by atoms with Gasteiger partial charge in [-0.1, -0.05) is 0 Å². The molecule has 0 atom stereocenters. The van der Waals surface area contributed by atoms with Crippen LogP contribution in [0.5, 0.6) is 0 Å². The second-order valence-corrected chi connectivity index (χ2v) is 6.02. The maximum atomic E-state index is 12.0. The van der Waals surface area contributed by atoms with Crippen molar-refractivity contribution in [3.05, 3.63) is 45.6 Å². The van der Waals surface area contributed by atoms with E-state index in [1.807, 2.05) is 13.8 Å². The third-order valence-electron chi connectivity index (χ3n) is 3.14. The monoisotopic (exact) mass is 302 g/mol. The number of rotatable bonds is 3. The Morgan fingerprint density at radius 3 is 2.90 bits per heavy atom. The summed E-state index contributed by atoms with van der Waals surface area (Å²) in [6, 6.07) is 6.84. The van der Waals surface area contributed by atoms with Gasteiger partial charge < -0.3 is 14.9 Å². The number of thiazole rings is 1. The first-order chi connectivity index (χ1) is 10.0. The lowest BCUT2D eigenvalue weighted by Crippen LogP contribution is -2.03. The number of esters is 1. The predicted molar refractivity (Wildman–Crippen MR) is 81.3 cm³/mol. The van der Waals surface area contributed by atoms with Crippen molar-refractivity contribution in [3.8, 4) is 0 Å². The smallest absolute Gasteiger partial charge is 0.374 e. The molecule has 0 aliphatic carbocycles. The number of ether oxygens (including phenoxy) is 1. The summed E-state index contributed by atoms with van der Waals surface area (Å²) in [5, 5.41) is 1.56. The van der Waals surface area contributed by atoms with E-state index in [1.165, 1.54) is 11.3 Å². The van der Waals surface area contributed by atoms with Gasteiger partial charge in [-0.15, -0.1) is 11.3 Å². The fourth-order valence-electron chi connectivity index (χ4n) is 1.96. The van der Waals surface area contributed by atoms with Crippen LogP contribution in [0.2, 0.25) is 0 Å². The minimum atomic E-state index is -0.504. The summed E-state index contributed by atoms with van der Waals surface area (Å²) in [5.74, 6) is -0.337. The first kappa shape index (κ1) is 13.6. The zero-order chi connectivity index (χ0) is 15.0. The van der Waals surface area contributed by atoms with E-state index < -0.39 is 5.97 Å². The summed E-state index contributed by atoms with van der Waals surface area (Å²) >= 11 is 1.52. The Morgan fingerprint density at radius 1 is 1.38 bits per heavy atom. The van der Waals surface area contributed by atoms with Gasteiger partial charge in [-0.05, 0) is 38.1 Å². The molecule has 2 heterocycles. The first-order valence-corrected chi connectivity index (χ1v) is 7.23. The molecule has 0 bridgehead atoms. The largest absolute Gasteiger partial charge is 0.452 e. The van der Waals surface area contributed by atoms with Gasteiger partial charge in [0.2, 0.25) is 5.76 Å². The Hall–Kier alpha value is -2.34. The van der Waals surface area contributed by atoms with Crippen molar-refractivity contribution < 1.29 is 13.9 Å². The van der Waals surface area contributed by atoms with Crippen LogP contribution >= 0.6 is 11.3 Å². The van der Waals surface area contributed by atoms with Crippen LogP contribution < -0.4 is 5.73 Å². The molecule has 3 aromatic rings. The summed E-state index contributed by atoms with van der Waals surface area (Å²) in [4.78, 5) is 17.4. The number of carbonyl (C=O) groups excluding carboxylic acids is 1. The minimum Gasteiger partial charge on any atom is -0.452 e. The van der Waals surface area contributed by atoms with Gasteiger partial charge in [0.15, 0.2) is 0 Å². The van der Waals surface area contributed by atoms with Crippen LogP contribution in [0.3, 0.4) is 0 Å². The van der Waals surface area contributed by atoms with Crippen LogP contribution in [0.15, 0.2) is 28.7 Å². The van der Waals surface area contributed by atoms with Crippen LogP contribution in [0.1, 0.15) is 26.1 Å². The number of aromatic nitrogens is 1. The standard InChI is InChI=1S/C15H14N2O3S/c1-8-9(2)21-14(17-8)7-19-15(18)13-6-10-5-11(16)3-4-12(10)20-13/h3-6H,7,16H2,1-2H3. The number of nitrogens with zero attached hydrogens (tertiary/aromatic N) is 1. The van der Waals surface area contributed by atoms with Crippen molar-refractivity contribution in [2.75, 3.05) is 5.73 Å². The zero-order valence-electron chi connectivity index (χ0n) is 11.7. The number of nitrogens with two attached hydrogens (primary N) is 1. The third-order valence-corrected chi connectivity index (χ3v) is 4.19. The number of anilines is 1. The second-order valence-electron chi connectivity index (χ2n) is 4.73. The van der Waals surface area contributed by atoms with Crippen molar-refractivity contribution in [2.45, 2.75) is 20.5 Å². The van der Waals surface area contributed by atoms with Crippen molar-refractivity contribution in [1.29, 1.82) is 0 Å². The lowest BCUT2D eigenvalue weighted by Gasteiger charge is -1.98. The highest BCUT2D eigenvalue weighted by atomic mass is 32.1. The highest BCUT2D eigenvalue weighted by molar-refractivity contribution is 7.11. The molecule has 6 heteroatoms.